The van der Waals surface area contributed by atoms with Crippen LogP contribution in [0.2, 0.25) is 0 Å². The number of nitrogens with zero attached hydrogens (tertiary/aromatic N) is 1. The average molecular weight is 493 g/mol. The maximum absolute atomic E-state index is 13.4. The summed E-state index contributed by atoms with van der Waals surface area (Å²) in [6.07, 6.45) is 1.75. The van der Waals surface area contributed by atoms with Crippen LogP contribution in [-0.2, 0) is 24.4 Å². The molecule has 1 aliphatic heterocycles. The van der Waals surface area contributed by atoms with Crippen molar-refractivity contribution in [1.82, 2.24) is 4.98 Å². The molecule has 32 heavy (non-hydrogen) atoms. The fourth-order valence-electron chi connectivity index (χ4n) is 3.36. The number of nitrogens with one attached hydrogen (secondary N) is 1. The van der Waals surface area contributed by atoms with Crippen LogP contribution in [0.4, 0.5) is 5.00 Å². The van der Waals surface area contributed by atoms with E-state index in [4.69, 9.17) is 4.74 Å². The Morgan fingerprint density at radius 2 is 1.50 bits per heavy atom. The second kappa shape index (κ2) is 8.93. The molecule has 1 aliphatic rings. The van der Waals surface area contributed by atoms with E-state index in [9.17, 15) is 16.8 Å². The largest absolute Gasteiger partial charge is 0.376 e. The quantitative estimate of drug-likeness (QED) is 0.531. The van der Waals surface area contributed by atoms with Crippen molar-refractivity contribution in [2.45, 2.75) is 51.9 Å². The summed E-state index contributed by atoms with van der Waals surface area (Å²) in [6.45, 7) is 4.76. The van der Waals surface area contributed by atoms with Crippen molar-refractivity contribution in [3.05, 3.63) is 59.7 Å². The standard InChI is InChI=1S/C22H24N2O5S3/c1-15-5-9-18(10-6-15)31(25,26)21-20(23-14-17-4-3-13-29-17)30-22(24-21)32(27,28)19-11-7-16(2)8-12-19/h5-12,17,23H,3-4,13-14H2,1-2H3/t17-/m0/s1. The van der Waals surface area contributed by atoms with Gasteiger partial charge in [0.2, 0.25) is 24.0 Å². The third kappa shape index (κ3) is 4.59. The Kier molecular flexibility index (Phi) is 6.39. The lowest BCUT2D eigenvalue weighted by Gasteiger charge is -2.11. The summed E-state index contributed by atoms with van der Waals surface area (Å²) in [5, 5.41) is 3.00. The summed E-state index contributed by atoms with van der Waals surface area (Å²) < 4.78 is 58.4. The molecule has 1 fully saturated rings. The maximum atomic E-state index is 13.4. The zero-order valence-corrected chi connectivity index (χ0v) is 20.2. The van der Waals surface area contributed by atoms with Gasteiger partial charge in [0.15, 0.2) is 5.03 Å². The van der Waals surface area contributed by atoms with E-state index < -0.39 is 19.7 Å². The molecule has 1 N–H and O–H groups in total. The van der Waals surface area contributed by atoms with Crippen molar-refractivity contribution in [3.63, 3.8) is 0 Å². The number of anilines is 1. The minimum absolute atomic E-state index is 0.0517. The molecule has 4 rings (SSSR count). The molecule has 1 atom stereocenters. The Morgan fingerprint density at radius 3 is 2.03 bits per heavy atom. The minimum atomic E-state index is -4.03. The fourth-order valence-corrected chi connectivity index (χ4v) is 7.66. The Morgan fingerprint density at radius 1 is 0.938 bits per heavy atom. The third-order valence-electron chi connectivity index (χ3n) is 5.24. The highest BCUT2D eigenvalue weighted by Crippen LogP contribution is 2.37. The van der Waals surface area contributed by atoms with Crippen molar-refractivity contribution >= 4 is 36.0 Å². The molecular weight excluding hydrogens is 468 g/mol. The van der Waals surface area contributed by atoms with Crippen LogP contribution in [0.5, 0.6) is 0 Å². The molecule has 10 heteroatoms. The van der Waals surface area contributed by atoms with Crippen LogP contribution in [0.15, 0.2) is 67.7 Å². The summed E-state index contributed by atoms with van der Waals surface area (Å²) in [5.74, 6) is 0. The van der Waals surface area contributed by atoms with E-state index in [1.807, 2.05) is 13.8 Å². The molecule has 2 heterocycles. The van der Waals surface area contributed by atoms with Crippen molar-refractivity contribution in [2.24, 2.45) is 0 Å². The summed E-state index contributed by atoms with van der Waals surface area (Å²) >= 11 is 0.829. The number of ether oxygens (including phenoxy) is 1. The number of thiazole rings is 1. The molecule has 1 saturated heterocycles. The van der Waals surface area contributed by atoms with Gasteiger partial charge < -0.3 is 10.1 Å². The van der Waals surface area contributed by atoms with Crippen molar-refractivity contribution < 1.29 is 21.6 Å². The molecule has 3 aromatic rings. The van der Waals surface area contributed by atoms with Gasteiger partial charge in [-0.3, -0.25) is 0 Å². The number of rotatable bonds is 7. The lowest BCUT2D eigenvalue weighted by atomic mass is 10.2. The number of aromatic nitrogens is 1. The zero-order valence-electron chi connectivity index (χ0n) is 17.7. The highest BCUT2D eigenvalue weighted by Gasteiger charge is 2.32. The van der Waals surface area contributed by atoms with Crippen LogP contribution < -0.4 is 5.32 Å². The number of sulfone groups is 2. The first-order valence-corrected chi connectivity index (χ1v) is 14.0. The number of aryl methyl sites for hydroxylation is 2. The lowest BCUT2D eigenvalue weighted by Crippen LogP contribution is -2.19. The summed E-state index contributed by atoms with van der Waals surface area (Å²) in [5.41, 5.74) is 1.84. The Labute approximate surface area is 192 Å². The van der Waals surface area contributed by atoms with Crippen LogP contribution in [0, 0.1) is 13.8 Å². The van der Waals surface area contributed by atoms with Crippen LogP contribution >= 0.6 is 11.3 Å². The first-order valence-electron chi connectivity index (χ1n) is 10.2. The monoisotopic (exact) mass is 492 g/mol. The maximum Gasteiger partial charge on any atom is 0.233 e. The smallest absolute Gasteiger partial charge is 0.233 e. The molecule has 1 aromatic heterocycles. The van der Waals surface area contributed by atoms with Gasteiger partial charge in [-0.1, -0.05) is 46.7 Å². The first kappa shape index (κ1) is 22.9. The predicted octanol–water partition coefficient (Wildman–Crippen LogP) is 4.02. The Bertz CT molecular complexity index is 1310. The summed E-state index contributed by atoms with van der Waals surface area (Å²) in [7, 11) is -8.00. The SMILES string of the molecule is Cc1ccc(S(=O)(=O)c2nc(S(=O)(=O)c3ccc(C)cc3)c(NC[C@@H]3CCCO3)s2)cc1. The highest BCUT2D eigenvalue weighted by molar-refractivity contribution is 7.94. The molecule has 0 unspecified atom stereocenters. The summed E-state index contributed by atoms with van der Waals surface area (Å²) in [6, 6.07) is 12.8. The molecule has 0 bridgehead atoms. The molecule has 0 aliphatic carbocycles. The normalized spacial score (nSPS) is 16.9. The van der Waals surface area contributed by atoms with E-state index in [1.54, 1.807) is 24.3 Å². The summed E-state index contributed by atoms with van der Waals surface area (Å²) in [4.78, 5) is 4.27. The Hall–Kier alpha value is -2.27. The number of benzene rings is 2. The minimum Gasteiger partial charge on any atom is -0.376 e. The van der Waals surface area contributed by atoms with Gasteiger partial charge in [0, 0.05) is 13.2 Å². The van der Waals surface area contributed by atoms with E-state index in [0.717, 1.165) is 35.3 Å². The molecule has 0 amide bonds. The van der Waals surface area contributed by atoms with Gasteiger partial charge in [-0.15, -0.1) is 0 Å². The molecule has 0 radical (unpaired) electrons. The van der Waals surface area contributed by atoms with Crippen molar-refractivity contribution in [2.75, 3.05) is 18.5 Å². The Balaban J connectivity index is 1.77. The van der Waals surface area contributed by atoms with E-state index >= 15 is 0 Å². The third-order valence-corrected chi connectivity index (χ3v) is 10.2. The topological polar surface area (TPSA) is 102 Å². The van der Waals surface area contributed by atoms with Gasteiger partial charge in [-0.25, -0.2) is 21.8 Å². The van der Waals surface area contributed by atoms with E-state index in [1.165, 1.54) is 24.3 Å². The van der Waals surface area contributed by atoms with Gasteiger partial charge in [0.05, 0.1) is 15.9 Å². The van der Waals surface area contributed by atoms with Gasteiger partial charge in [-0.05, 0) is 51.0 Å². The molecule has 0 saturated carbocycles. The second-order valence-corrected chi connectivity index (χ2v) is 12.8. The van der Waals surface area contributed by atoms with Crippen molar-refractivity contribution in [3.8, 4) is 0 Å². The number of hydrogen-bond donors (Lipinski definition) is 1. The van der Waals surface area contributed by atoms with E-state index in [2.05, 4.69) is 10.3 Å². The second-order valence-electron chi connectivity index (χ2n) is 7.76. The van der Waals surface area contributed by atoms with Crippen LogP contribution in [0.3, 0.4) is 0 Å². The van der Waals surface area contributed by atoms with Crippen molar-refractivity contribution in [1.29, 1.82) is 0 Å². The van der Waals surface area contributed by atoms with Crippen LogP contribution in [-0.4, -0.2) is 41.1 Å². The zero-order chi connectivity index (χ0) is 22.9. The highest BCUT2D eigenvalue weighted by atomic mass is 32.2. The molecule has 0 spiro atoms. The van der Waals surface area contributed by atoms with Gasteiger partial charge in [0.1, 0.15) is 5.00 Å². The molecule has 170 valence electrons. The van der Waals surface area contributed by atoms with Crippen LogP contribution in [0.25, 0.3) is 0 Å². The first-order chi connectivity index (χ1) is 15.2. The van der Waals surface area contributed by atoms with Crippen LogP contribution in [0.1, 0.15) is 24.0 Å². The molecule has 2 aromatic carbocycles. The average Bonchev–Trinajstić information content (AvgIpc) is 3.43. The van der Waals surface area contributed by atoms with Gasteiger partial charge in [-0.2, -0.15) is 0 Å². The fraction of sp³-hybridized carbons (Fsp3) is 0.318. The van der Waals surface area contributed by atoms with E-state index in [-0.39, 0.29) is 30.3 Å². The van der Waals surface area contributed by atoms with E-state index in [0.29, 0.717) is 13.2 Å². The van der Waals surface area contributed by atoms with Gasteiger partial charge >= 0.3 is 0 Å². The molecular formula is C22H24N2O5S3. The van der Waals surface area contributed by atoms with Gasteiger partial charge in [0.25, 0.3) is 0 Å². The molecule has 7 nitrogen and oxygen atoms in total. The lowest BCUT2D eigenvalue weighted by molar-refractivity contribution is 0.120. The predicted molar refractivity (Wildman–Crippen MR) is 123 cm³/mol. The number of hydrogen-bond acceptors (Lipinski definition) is 8.